The summed E-state index contributed by atoms with van der Waals surface area (Å²) in [6, 6.07) is 6.07. The first-order valence-corrected chi connectivity index (χ1v) is 7.20. The Kier molecular flexibility index (Phi) is 4.42. The summed E-state index contributed by atoms with van der Waals surface area (Å²) in [4.78, 5) is 13.3. The van der Waals surface area contributed by atoms with Gasteiger partial charge in [0.25, 0.3) is 5.91 Å². The van der Waals surface area contributed by atoms with Crippen LogP contribution in [0.3, 0.4) is 0 Å². The molecule has 1 aromatic carbocycles. The van der Waals surface area contributed by atoms with Crippen LogP contribution in [0.15, 0.2) is 28.7 Å². The second-order valence-electron chi connectivity index (χ2n) is 5.14. The number of benzene rings is 1. The van der Waals surface area contributed by atoms with Crippen LogP contribution in [0.4, 0.5) is 13.2 Å². The van der Waals surface area contributed by atoms with E-state index in [-0.39, 0.29) is 17.5 Å². The molecule has 0 bridgehead atoms. The fourth-order valence-corrected chi connectivity index (χ4v) is 2.61. The molecule has 0 heterocycles. The van der Waals surface area contributed by atoms with Gasteiger partial charge < -0.3 is 4.90 Å². The van der Waals surface area contributed by atoms with Gasteiger partial charge in [-0.15, -0.1) is 0 Å². The zero-order valence-corrected chi connectivity index (χ0v) is 12.5. The first-order valence-electron chi connectivity index (χ1n) is 6.41. The molecular weight excluding hydrogens is 335 g/mol. The van der Waals surface area contributed by atoms with E-state index in [1.54, 1.807) is 25.1 Å². The normalized spacial score (nSPS) is 16.9. The Morgan fingerprint density at radius 1 is 1.45 bits per heavy atom. The highest BCUT2D eigenvalue weighted by Gasteiger charge is 2.40. The Balaban J connectivity index is 2.23. The van der Waals surface area contributed by atoms with Gasteiger partial charge in [-0.25, -0.2) is 0 Å². The fraction of sp³-hybridized carbons (Fsp3) is 0.500. The molecule has 0 N–H and O–H groups in total. The average molecular weight is 350 g/mol. The number of hydrogen-bond acceptors (Lipinski definition) is 1. The molecule has 0 aliphatic heterocycles. The molecule has 0 spiro atoms. The number of rotatable bonds is 4. The highest BCUT2D eigenvalue weighted by molar-refractivity contribution is 9.10. The van der Waals surface area contributed by atoms with Crippen molar-refractivity contribution in [3.8, 4) is 0 Å². The summed E-state index contributed by atoms with van der Waals surface area (Å²) in [6.45, 7) is 0.495. The largest absolute Gasteiger partial charge is 0.406 e. The van der Waals surface area contributed by atoms with Gasteiger partial charge in [-0.1, -0.05) is 22.0 Å². The molecule has 110 valence electrons. The third-order valence-electron chi connectivity index (χ3n) is 3.48. The van der Waals surface area contributed by atoms with Gasteiger partial charge in [-0.05, 0) is 43.9 Å². The Hall–Kier alpha value is -1.04. The Morgan fingerprint density at radius 3 is 2.60 bits per heavy atom. The second kappa shape index (κ2) is 5.76. The van der Waals surface area contributed by atoms with Crippen molar-refractivity contribution in [3.63, 3.8) is 0 Å². The van der Waals surface area contributed by atoms with E-state index in [1.807, 2.05) is 0 Å². The number of carbonyl (C=O) groups is 1. The molecule has 1 aliphatic carbocycles. The maximum atomic E-state index is 12.7. The van der Waals surface area contributed by atoms with E-state index in [0.717, 1.165) is 17.7 Å². The van der Waals surface area contributed by atoms with Crippen LogP contribution < -0.4 is 0 Å². The summed E-state index contributed by atoms with van der Waals surface area (Å²) in [5, 5.41) is 0. The Bertz CT molecular complexity index is 499. The van der Waals surface area contributed by atoms with E-state index in [2.05, 4.69) is 15.9 Å². The van der Waals surface area contributed by atoms with Gasteiger partial charge in [0.2, 0.25) is 0 Å². The van der Waals surface area contributed by atoms with Crippen LogP contribution in [0.2, 0.25) is 0 Å². The predicted octanol–water partition coefficient (Wildman–Crippen LogP) is 4.25. The van der Waals surface area contributed by atoms with Gasteiger partial charge in [0.05, 0.1) is 0 Å². The third kappa shape index (κ3) is 3.98. The topological polar surface area (TPSA) is 20.3 Å². The first kappa shape index (κ1) is 15.4. The first-order chi connectivity index (χ1) is 9.28. The van der Waals surface area contributed by atoms with Crippen molar-refractivity contribution >= 4 is 21.8 Å². The quantitative estimate of drug-likeness (QED) is 0.795. The van der Waals surface area contributed by atoms with Crippen molar-refractivity contribution in [1.82, 2.24) is 4.90 Å². The molecule has 6 heteroatoms. The lowest BCUT2D eigenvalue weighted by Crippen LogP contribution is -2.45. The molecule has 1 saturated carbocycles. The highest BCUT2D eigenvalue weighted by Crippen LogP contribution is 2.36. The summed E-state index contributed by atoms with van der Waals surface area (Å²) < 4.78 is 38.8. The summed E-state index contributed by atoms with van der Waals surface area (Å²) >= 11 is 3.23. The van der Waals surface area contributed by atoms with Gasteiger partial charge in [0.1, 0.15) is 6.54 Å². The van der Waals surface area contributed by atoms with E-state index < -0.39 is 18.6 Å². The molecule has 1 aliphatic rings. The Labute approximate surface area is 124 Å². The smallest absolute Gasteiger partial charge is 0.327 e. The minimum atomic E-state index is -4.38. The zero-order chi connectivity index (χ0) is 14.9. The highest BCUT2D eigenvalue weighted by atomic mass is 79.9. The second-order valence-corrected chi connectivity index (χ2v) is 6.05. The van der Waals surface area contributed by atoms with Crippen LogP contribution in [-0.2, 0) is 0 Å². The maximum absolute atomic E-state index is 12.7. The fourth-order valence-electron chi connectivity index (χ4n) is 2.21. The van der Waals surface area contributed by atoms with Gasteiger partial charge in [0.15, 0.2) is 0 Å². The number of amides is 1. The molecule has 2 rings (SSSR count). The summed E-state index contributed by atoms with van der Waals surface area (Å²) in [5.41, 5.74) is 0.274. The number of alkyl halides is 3. The molecule has 1 unspecified atom stereocenters. The predicted molar refractivity (Wildman–Crippen MR) is 73.4 cm³/mol. The molecule has 1 amide bonds. The summed E-state index contributed by atoms with van der Waals surface area (Å²) in [7, 11) is 0. The van der Waals surface area contributed by atoms with E-state index in [4.69, 9.17) is 0 Å². The molecule has 1 atom stereocenters. The zero-order valence-electron chi connectivity index (χ0n) is 11.0. The van der Waals surface area contributed by atoms with Gasteiger partial charge in [-0.3, -0.25) is 4.79 Å². The van der Waals surface area contributed by atoms with Gasteiger partial charge in [0, 0.05) is 16.1 Å². The molecule has 0 saturated heterocycles. The van der Waals surface area contributed by atoms with Gasteiger partial charge in [-0.2, -0.15) is 13.2 Å². The van der Waals surface area contributed by atoms with Crippen LogP contribution in [0, 0.1) is 5.92 Å². The minimum Gasteiger partial charge on any atom is -0.327 e. The van der Waals surface area contributed by atoms with E-state index in [1.165, 1.54) is 6.07 Å². The van der Waals surface area contributed by atoms with Crippen LogP contribution in [0.5, 0.6) is 0 Å². The SMILES string of the molecule is CC(C1CC1)N(CC(F)(F)F)C(=O)c1cccc(Br)c1. The lowest BCUT2D eigenvalue weighted by atomic mass is 10.1. The molecule has 2 nitrogen and oxygen atoms in total. The molecule has 1 aromatic rings. The summed E-state index contributed by atoms with van der Waals surface area (Å²) in [6.07, 6.45) is -2.60. The van der Waals surface area contributed by atoms with E-state index >= 15 is 0 Å². The van der Waals surface area contributed by atoms with Crippen molar-refractivity contribution in [3.05, 3.63) is 34.3 Å². The molecule has 0 aromatic heterocycles. The van der Waals surface area contributed by atoms with Crippen LogP contribution in [0.25, 0.3) is 0 Å². The van der Waals surface area contributed by atoms with E-state index in [0.29, 0.717) is 4.47 Å². The molecular formula is C14H15BrF3NO. The average Bonchev–Trinajstić information content (AvgIpc) is 3.17. The standard InChI is InChI=1S/C14H15BrF3NO/c1-9(10-5-6-10)19(8-14(16,17)18)13(20)11-3-2-4-12(15)7-11/h2-4,7,9-10H,5-6,8H2,1H3. The number of nitrogens with zero attached hydrogens (tertiary/aromatic N) is 1. The third-order valence-corrected chi connectivity index (χ3v) is 3.97. The van der Waals surface area contributed by atoms with Crippen LogP contribution in [-0.4, -0.2) is 29.6 Å². The summed E-state index contributed by atoms with van der Waals surface area (Å²) in [5.74, 6) is -0.378. The van der Waals surface area contributed by atoms with Crippen molar-refractivity contribution in [2.75, 3.05) is 6.54 Å². The lowest BCUT2D eigenvalue weighted by Gasteiger charge is -2.30. The van der Waals surface area contributed by atoms with Crippen molar-refractivity contribution in [2.24, 2.45) is 5.92 Å². The van der Waals surface area contributed by atoms with Crippen molar-refractivity contribution < 1.29 is 18.0 Å². The Morgan fingerprint density at radius 2 is 2.10 bits per heavy atom. The maximum Gasteiger partial charge on any atom is 0.406 e. The van der Waals surface area contributed by atoms with E-state index in [9.17, 15) is 18.0 Å². The monoisotopic (exact) mass is 349 g/mol. The molecule has 1 fully saturated rings. The number of hydrogen-bond donors (Lipinski definition) is 0. The molecule has 0 radical (unpaired) electrons. The van der Waals surface area contributed by atoms with Crippen LogP contribution >= 0.6 is 15.9 Å². The number of carbonyl (C=O) groups excluding carboxylic acids is 1. The number of halogens is 4. The molecule has 20 heavy (non-hydrogen) atoms. The van der Waals surface area contributed by atoms with Crippen molar-refractivity contribution in [2.45, 2.75) is 32.0 Å². The van der Waals surface area contributed by atoms with Gasteiger partial charge >= 0.3 is 6.18 Å². The minimum absolute atomic E-state index is 0.188. The lowest BCUT2D eigenvalue weighted by molar-refractivity contribution is -0.144. The van der Waals surface area contributed by atoms with Crippen molar-refractivity contribution in [1.29, 1.82) is 0 Å². The van der Waals surface area contributed by atoms with Crippen LogP contribution in [0.1, 0.15) is 30.1 Å².